The van der Waals surface area contributed by atoms with Crippen molar-refractivity contribution in [3.8, 4) is 6.07 Å². The van der Waals surface area contributed by atoms with Gasteiger partial charge in [0.2, 0.25) is 5.91 Å². The van der Waals surface area contributed by atoms with Crippen LogP contribution in [0.4, 0.5) is 23.0 Å². The number of benzene rings is 1. The number of carbonyl (C=O) groups excluding carboxylic acids is 1. The minimum atomic E-state index is -0.324. The molecule has 1 aromatic heterocycles. The number of amides is 1. The first-order chi connectivity index (χ1) is 11.0. The molecule has 0 aliphatic heterocycles. The van der Waals surface area contributed by atoms with Gasteiger partial charge in [-0.2, -0.15) is 5.26 Å². The van der Waals surface area contributed by atoms with Gasteiger partial charge in [0.15, 0.2) is 0 Å². The predicted molar refractivity (Wildman–Crippen MR) is 89.7 cm³/mol. The van der Waals surface area contributed by atoms with Crippen LogP contribution in [0.15, 0.2) is 30.3 Å². The molecule has 1 amide bonds. The summed E-state index contributed by atoms with van der Waals surface area (Å²) in [5.41, 5.74) is 1.48. The molecule has 0 aliphatic rings. The lowest BCUT2D eigenvalue weighted by Crippen LogP contribution is -2.12. The van der Waals surface area contributed by atoms with Crippen molar-refractivity contribution in [2.45, 2.75) is 13.3 Å². The lowest BCUT2D eigenvalue weighted by atomic mass is 10.2. The van der Waals surface area contributed by atoms with E-state index in [-0.39, 0.29) is 12.3 Å². The maximum atomic E-state index is 11.4. The van der Waals surface area contributed by atoms with E-state index in [1.165, 1.54) is 0 Å². The van der Waals surface area contributed by atoms with Crippen molar-refractivity contribution in [2.24, 2.45) is 0 Å². The summed E-state index contributed by atoms with van der Waals surface area (Å²) in [6.45, 7) is 1.84. The lowest BCUT2D eigenvalue weighted by Gasteiger charge is -2.14. The molecule has 0 atom stereocenters. The monoisotopic (exact) mass is 310 g/mol. The average molecular weight is 310 g/mol. The quantitative estimate of drug-likeness (QED) is 0.881. The zero-order valence-electron chi connectivity index (χ0n) is 13.3. The maximum absolute atomic E-state index is 11.4. The highest BCUT2D eigenvalue weighted by molar-refractivity contribution is 5.92. The SMILES string of the molecule is Cc1nc(Nc2ccc(NC(=O)CC#N)cc2)cc(N(C)C)n1. The first-order valence-corrected chi connectivity index (χ1v) is 7.05. The normalized spacial score (nSPS) is 9.83. The fraction of sp³-hybridized carbons (Fsp3) is 0.250. The molecule has 0 bridgehead atoms. The Morgan fingerprint density at radius 2 is 1.87 bits per heavy atom. The molecule has 0 aliphatic carbocycles. The summed E-state index contributed by atoms with van der Waals surface area (Å²) in [6, 6.07) is 10.8. The number of hydrogen-bond donors (Lipinski definition) is 2. The molecule has 7 heteroatoms. The molecular weight excluding hydrogens is 292 g/mol. The third kappa shape index (κ3) is 4.68. The van der Waals surface area contributed by atoms with Crippen molar-refractivity contribution < 1.29 is 4.79 Å². The molecule has 0 saturated carbocycles. The molecule has 2 rings (SSSR count). The van der Waals surface area contributed by atoms with Crippen molar-refractivity contribution in [3.05, 3.63) is 36.2 Å². The van der Waals surface area contributed by atoms with Crippen molar-refractivity contribution in [1.29, 1.82) is 5.26 Å². The number of nitrogens with zero attached hydrogens (tertiary/aromatic N) is 4. The van der Waals surface area contributed by atoms with E-state index in [1.54, 1.807) is 12.1 Å². The Morgan fingerprint density at radius 1 is 1.22 bits per heavy atom. The Bertz CT molecular complexity index is 733. The van der Waals surface area contributed by atoms with Crippen LogP contribution in [0.3, 0.4) is 0 Å². The Balaban J connectivity index is 2.09. The zero-order valence-corrected chi connectivity index (χ0v) is 13.3. The van der Waals surface area contributed by atoms with Gasteiger partial charge in [0.05, 0.1) is 6.07 Å². The number of nitriles is 1. The van der Waals surface area contributed by atoms with E-state index in [0.717, 1.165) is 11.5 Å². The summed E-state index contributed by atoms with van der Waals surface area (Å²) >= 11 is 0. The molecule has 1 aromatic carbocycles. The fourth-order valence-electron chi connectivity index (χ4n) is 1.91. The van der Waals surface area contributed by atoms with Crippen LogP contribution in [0.25, 0.3) is 0 Å². The van der Waals surface area contributed by atoms with Crippen LogP contribution in [-0.4, -0.2) is 30.0 Å². The Hall–Kier alpha value is -3.14. The summed E-state index contributed by atoms with van der Waals surface area (Å²) in [4.78, 5) is 22.0. The molecule has 0 spiro atoms. The van der Waals surface area contributed by atoms with Gasteiger partial charge in [-0.15, -0.1) is 0 Å². The van der Waals surface area contributed by atoms with Crippen LogP contribution in [0.5, 0.6) is 0 Å². The second-order valence-electron chi connectivity index (χ2n) is 5.14. The highest BCUT2D eigenvalue weighted by Gasteiger charge is 2.05. The standard InChI is InChI=1S/C16H18N6O/c1-11-18-14(10-15(19-11)22(2)3)20-12-4-6-13(7-5-12)21-16(23)8-9-17/h4-7,10H,8H2,1-3H3,(H,21,23)(H,18,19,20). The highest BCUT2D eigenvalue weighted by atomic mass is 16.1. The highest BCUT2D eigenvalue weighted by Crippen LogP contribution is 2.20. The molecule has 0 unspecified atom stereocenters. The predicted octanol–water partition coefficient (Wildman–Crippen LogP) is 2.45. The summed E-state index contributed by atoms with van der Waals surface area (Å²) in [6.07, 6.45) is -0.159. The van der Waals surface area contributed by atoms with Crippen molar-refractivity contribution in [3.63, 3.8) is 0 Å². The number of carbonyl (C=O) groups is 1. The fourth-order valence-corrected chi connectivity index (χ4v) is 1.91. The third-order valence-corrected chi connectivity index (χ3v) is 2.96. The Labute approximate surface area is 135 Å². The number of anilines is 4. The first-order valence-electron chi connectivity index (χ1n) is 7.05. The van der Waals surface area contributed by atoms with Gasteiger partial charge in [0.1, 0.15) is 23.9 Å². The zero-order chi connectivity index (χ0) is 16.8. The van der Waals surface area contributed by atoms with Gasteiger partial charge >= 0.3 is 0 Å². The van der Waals surface area contributed by atoms with Crippen LogP contribution in [-0.2, 0) is 4.79 Å². The van der Waals surface area contributed by atoms with Crippen molar-refractivity contribution in [1.82, 2.24) is 9.97 Å². The molecule has 118 valence electrons. The van der Waals surface area contributed by atoms with E-state index < -0.39 is 0 Å². The summed E-state index contributed by atoms with van der Waals surface area (Å²) < 4.78 is 0. The molecule has 2 aromatic rings. The molecule has 2 N–H and O–H groups in total. The first kappa shape index (κ1) is 16.2. The largest absolute Gasteiger partial charge is 0.363 e. The van der Waals surface area contributed by atoms with Gasteiger partial charge in [-0.3, -0.25) is 4.79 Å². The summed E-state index contributed by atoms with van der Waals surface area (Å²) in [5.74, 6) is 1.87. The van der Waals surface area contributed by atoms with E-state index in [0.29, 0.717) is 17.3 Å². The summed E-state index contributed by atoms with van der Waals surface area (Å²) in [5, 5.41) is 14.3. The van der Waals surface area contributed by atoms with Gasteiger partial charge in [-0.25, -0.2) is 9.97 Å². The van der Waals surface area contributed by atoms with Crippen molar-refractivity contribution in [2.75, 3.05) is 29.6 Å². The number of aromatic nitrogens is 2. The minimum Gasteiger partial charge on any atom is -0.363 e. The topological polar surface area (TPSA) is 93.9 Å². The smallest absolute Gasteiger partial charge is 0.238 e. The molecule has 23 heavy (non-hydrogen) atoms. The van der Waals surface area contributed by atoms with Crippen LogP contribution in [0, 0.1) is 18.3 Å². The van der Waals surface area contributed by atoms with Crippen LogP contribution in [0.1, 0.15) is 12.2 Å². The van der Waals surface area contributed by atoms with Crippen molar-refractivity contribution >= 4 is 28.9 Å². The van der Waals surface area contributed by atoms with E-state index in [1.807, 2.05) is 50.2 Å². The Morgan fingerprint density at radius 3 is 2.48 bits per heavy atom. The van der Waals surface area contributed by atoms with Gasteiger partial charge in [-0.05, 0) is 31.2 Å². The van der Waals surface area contributed by atoms with Gasteiger partial charge in [-0.1, -0.05) is 0 Å². The average Bonchev–Trinajstić information content (AvgIpc) is 2.49. The van der Waals surface area contributed by atoms with Crippen LogP contribution in [0.2, 0.25) is 0 Å². The maximum Gasteiger partial charge on any atom is 0.238 e. The number of rotatable bonds is 5. The van der Waals surface area contributed by atoms with E-state index >= 15 is 0 Å². The van der Waals surface area contributed by atoms with Gasteiger partial charge in [0, 0.05) is 31.5 Å². The molecular formula is C16H18N6O. The summed E-state index contributed by atoms with van der Waals surface area (Å²) in [7, 11) is 3.84. The van der Waals surface area contributed by atoms with Gasteiger partial charge in [0.25, 0.3) is 0 Å². The number of nitrogens with one attached hydrogen (secondary N) is 2. The minimum absolute atomic E-state index is 0.159. The lowest BCUT2D eigenvalue weighted by molar-refractivity contribution is -0.115. The molecule has 7 nitrogen and oxygen atoms in total. The molecule has 0 fully saturated rings. The van der Waals surface area contributed by atoms with Crippen LogP contribution >= 0.6 is 0 Å². The van der Waals surface area contributed by atoms with E-state index in [9.17, 15) is 4.79 Å². The van der Waals surface area contributed by atoms with E-state index in [4.69, 9.17) is 5.26 Å². The molecule has 1 heterocycles. The number of aryl methyl sites for hydroxylation is 1. The molecule has 0 radical (unpaired) electrons. The third-order valence-electron chi connectivity index (χ3n) is 2.96. The molecule has 0 saturated heterocycles. The van der Waals surface area contributed by atoms with E-state index in [2.05, 4.69) is 20.6 Å². The van der Waals surface area contributed by atoms with Gasteiger partial charge < -0.3 is 15.5 Å². The second-order valence-corrected chi connectivity index (χ2v) is 5.14. The second kappa shape index (κ2) is 7.22. The van der Waals surface area contributed by atoms with Crippen LogP contribution < -0.4 is 15.5 Å². The number of hydrogen-bond acceptors (Lipinski definition) is 6. The Kier molecular flexibility index (Phi) is 5.10.